The topological polar surface area (TPSA) is 38.1 Å². The number of halogens is 1. The minimum Gasteiger partial charge on any atom is -0.361 e. The van der Waals surface area contributed by atoms with Gasteiger partial charge in [0.1, 0.15) is 11.5 Å². The molecule has 2 unspecified atom stereocenters. The molecule has 3 rings (SSSR count). The van der Waals surface area contributed by atoms with E-state index in [0.717, 1.165) is 34.9 Å². The predicted octanol–water partition coefficient (Wildman–Crippen LogP) is 2.46. The number of hydrogen-bond acceptors (Lipinski definition) is 3. The number of nitrogens with zero attached hydrogens (tertiary/aromatic N) is 1. The molecule has 0 radical (unpaired) electrons. The fourth-order valence-electron chi connectivity index (χ4n) is 2.53. The lowest BCUT2D eigenvalue weighted by atomic mass is 10.00. The summed E-state index contributed by atoms with van der Waals surface area (Å²) in [7, 11) is 0. The summed E-state index contributed by atoms with van der Waals surface area (Å²) in [6.45, 7) is 1.90. The molecule has 0 amide bonds. The number of aromatic nitrogens is 1. The van der Waals surface area contributed by atoms with Crippen LogP contribution >= 0.6 is 11.6 Å². The third-order valence-corrected chi connectivity index (χ3v) is 3.57. The normalized spacial score (nSPS) is 30.0. The van der Waals surface area contributed by atoms with Crippen molar-refractivity contribution in [2.45, 2.75) is 38.3 Å². The molecule has 3 heterocycles. The average molecular weight is 225 g/mol. The maximum Gasteiger partial charge on any atom is 0.134 e. The molecule has 2 atom stereocenters. The van der Waals surface area contributed by atoms with Crippen molar-refractivity contribution in [1.82, 2.24) is 10.5 Å². The molecule has 80 valence electrons. The second-order valence-corrected chi connectivity index (χ2v) is 4.80. The van der Waals surface area contributed by atoms with Crippen LogP contribution in [0.2, 0.25) is 0 Å². The molecular formula is C11H13ClN2O. The average Bonchev–Trinajstić information content (AvgIpc) is 2.75. The molecule has 1 aromatic heterocycles. The van der Waals surface area contributed by atoms with Gasteiger partial charge in [-0.15, -0.1) is 0 Å². The first-order chi connectivity index (χ1) is 7.24. The molecule has 1 fully saturated rings. The first-order valence-corrected chi connectivity index (χ1v) is 5.70. The second kappa shape index (κ2) is 3.35. The van der Waals surface area contributed by atoms with Crippen LogP contribution in [0.5, 0.6) is 0 Å². The summed E-state index contributed by atoms with van der Waals surface area (Å²) in [5.41, 5.74) is 2.04. The summed E-state index contributed by atoms with van der Waals surface area (Å²) in [4.78, 5) is 0. The predicted molar refractivity (Wildman–Crippen MR) is 58.6 cm³/mol. The van der Waals surface area contributed by atoms with Crippen LogP contribution in [-0.4, -0.2) is 17.2 Å². The zero-order valence-electron chi connectivity index (χ0n) is 8.59. The Hall–Kier alpha value is -0.800. The lowest BCUT2D eigenvalue weighted by molar-refractivity contribution is 0.394. The van der Waals surface area contributed by atoms with Gasteiger partial charge >= 0.3 is 0 Å². The fourth-order valence-corrected chi connectivity index (χ4v) is 2.95. The summed E-state index contributed by atoms with van der Waals surface area (Å²) in [5.74, 6) is 0.835. The van der Waals surface area contributed by atoms with E-state index in [4.69, 9.17) is 16.1 Å². The third-order valence-electron chi connectivity index (χ3n) is 3.21. The highest BCUT2D eigenvalue weighted by molar-refractivity contribution is 6.33. The van der Waals surface area contributed by atoms with Crippen LogP contribution in [0.25, 0.3) is 5.57 Å². The Morgan fingerprint density at radius 1 is 1.53 bits per heavy atom. The van der Waals surface area contributed by atoms with Crippen LogP contribution < -0.4 is 5.32 Å². The van der Waals surface area contributed by atoms with Crippen LogP contribution in [0, 0.1) is 6.92 Å². The summed E-state index contributed by atoms with van der Waals surface area (Å²) < 4.78 is 5.10. The van der Waals surface area contributed by atoms with E-state index >= 15 is 0 Å². The van der Waals surface area contributed by atoms with E-state index in [1.54, 1.807) is 0 Å². The maximum absolute atomic E-state index is 6.31. The van der Waals surface area contributed by atoms with Gasteiger partial charge in [-0.3, -0.25) is 0 Å². The summed E-state index contributed by atoms with van der Waals surface area (Å²) in [6, 6.07) is 2.90. The second-order valence-electron chi connectivity index (χ2n) is 4.34. The van der Waals surface area contributed by atoms with Crippen molar-refractivity contribution in [3.8, 4) is 0 Å². The number of nitrogens with one attached hydrogen (secondary N) is 1. The Labute approximate surface area is 93.5 Å². The van der Waals surface area contributed by atoms with Gasteiger partial charge in [-0.25, -0.2) is 0 Å². The highest BCUT2D eigenvalue weighted by atomic mass is 35.5. The van der Waals surface area contributed by atoms with Gasteiger partial charge in [0.2, 0.25) is 0 Å². The molecule has 1 N–H and O–H groups in total. The van der Waals surface area contributed by atoms with E-state index in [-0.39, 0.29) is 0 Å². The molecule has 0 aromatic carbocycles. The van der Waals surface area contributed by atoms with Crippen molar-refractivity contribution in [3.05, 3.63) is 22.6 Å². The van der Waals surface area contributed by atoms with Crippen molar-refractivity contribution in [1.29, 1.82) is 0 Å². The van der Waals surface area contributed by atoms with Gasteiger partial charge in [0.05, 0.1) is 0 Å². The van der Waals surface area contributed by atoms with Gasteiger partial charge < -0.3 is 9.84 Å². The molecular weight excluding hydrogens is 212 g/mol. The van der Waals surface area contributed by atoms with Gasteiger partial charge in [0, 0.05) is 28.8 Å². The molecule has 1 saturated heterocycles. The molecule has 4 heteroatoms. The largest absolute Gasteiger partial charge is 0.361 e. The Morgan fingerprint density at radius 3 is 3.13 bits per heavy atom. The summed E-state index contributed by atoms with van der Waals surface area (Å²) in [6.07, 6.45) is 3.29. The maximum atomic E-state index is 6.31. The van der Waals surface area contributed by atoms with E-state index in [9.17, 15) is 0 Å². The van der Waals surface area contributed by atoms with Crippen LogP contribution in [0.4, 0.5) is 0 Å². The zero-order valence-corrected chi connectivity index (χ0v) is 9.34. The smallest absolute Gasteiger partial charge is 0.134 e. The Kier molecular flexibility index (Phi) is 2.11. The highest BCUT2D eigenvalue weighted by Crippen LogP contribution is 2.38. The quantitative estimate of drug-likeness (QED) is 0.797. The van der Waals surface area contributed by atoms with Crippen molar-refractivity contribution in [3.63, 3.8) is 0 Å². The minimum absolute atomic E-state index is 0.376. The number of fused-ring (bicyclic) bond motifs is 2. The number of aryl methyl sites for hydroxylation is 1. The number of rotatable bonds is 1. The molecule has 2 aliphatic rings. The SMILES string of the molecule is Cc1cc(C2=C(Cl)CC3CCC2N3)no1. The monoisotopic (exact) mass is 224 g/mol. The lowest BCUT2D eigenvalue weighted by Gasteiger charge is -2.23. The van der Waals surface area contributed by atoms with Gasteiger partial charge in [-0.2, -0.15) is 0 Å². The van der Waals surface area contributed by atoms with Gasteiger partial charge in [0.15, 0.2) is 0 Å². The summed E-state index contributed by atoms with van der Waals surface area (Å²) >= 11 is 6.31. The van der Waals surface area contributed by atoms with E-state index in [1.165, 1.54) is 6.42 Å². The zero-order chi connectivity index (χ0) is 10.4. The standard InChI is InChI=1S/C11H13ClN2O/c1-6-4-10(14-15-6)11-8(12)5-7-2-3-9(11)13-7/h4,7,9,13H,2-3,5H2,1H3. The van der Waals surface area contributed by atoms with Crippen LogP contribution in [-0.2, 0) is 0 Å². The van der Waals surface area contributed by atoms with Crippen LogP contribution in [0.3, 0.4) is 0 Å². The molecule has 1 aromatic rings. The van der Waals surface area contributed by atoms with Crippen molar-refractivity contribution in [2.24, 2.45) is 0 Å². The van der Waals surface area contributed by atoms with Gasteiger partial charge in [-0.05, 0) is 26.2 Å². The van der Waals surface area contributed by atoms with Crippen molar-refractivity contribution in [2.75, 3.05) is 0 Å². The third kappa shape index (κ3) is 1.50. The van der Waals surface area contributed by atoms with E-state index in [0.29, 0.717) is 12.1 Å². The van der Waals surface area contributed by atoms with Gasteiger partial charge in [-0.1, -0.05) is 16.8 Å². The fraction of sp³-hybridized carbons (Fsp3) is 0.545. The number of hydrogen-bond donors (Lipinski definition) is 1. The highest BCUT2D eigenvalue weighted by Gasteiger charge is 2.35. The van der Waals surface area contributed by atoms with E-state index in [1.807, 2.05) is 13.0 Å². The Bertz CT molecular complexity index is 424. The van der Waals surface area contributed by atoms with Gasteiger partial charge in [0.25, 0.3) is 0 Å². The lowest BCUT2D eigenvalue weighted by Crippen LogP contribution is -2.34. The van der Waals surface area contributed by atoms with Crippen molar-refractivity contribution < 1.29 is 4.52 Å². The molecule has 2 bridgehead atoms. The molecule has 2 aliphatic heterocycles. The Morgan fingerprint density at radius 2 is 2.40 bits per heavy atom. The molecule has 0 aliphatic carbocycles. The Balaban J connectivity index is 2.03. The van der Waals surface area contributed by atoms with Crippen molar-refractivity contribution >= 4 is 17.2 Å². The van der Waals surface area contributed by atoms with E-state index in [2.05, 4.69) is 10.5 Å². The minimum atomic E-state index is 0.376. The molecule has 3 nitrogen and oxygen atoms in total. The first kappa shape index (κ1) is 9.43. The molecule has 0 spiro atoms. The van der Waals surface area contributed by atoms with Crippen LogP contribution in [0.1, 0.15) is 30.7 Å². The molecule has 15 heavy (non-hydrogen) atoms. The summed E-state index contributed by atoms with van der Waals surface area (Å²) in [5, 5.41) is 8.56. The van der Waals surface area contributed by atoms with Crippen LogP contribution in [0.15, 0.2) is 15.6 Å². The molecule has 0 saturated carbocycles. The first-order valence-electron chi connectivity index (χ1n) is 5.32. The van der Waals surface area contributed by atoms with E-state index < -0.39 is 0 Å².